The molecule has 2 rings (SSSR count). The van der Waals surface area contributed by atoms with Crippen LogP contribution in [-0.2, 0) is 4.79 Å². The first-order chi connectivity index (χ1) is 9.38. The summed E-state index contributed by atoms with van der Waals surface area (Å²) in [5, 5.41) is 4.91. The predicted octanol–water partition coefficient (Wildman–Crippen LogP) is 1.95. The zero-order chi connectivity index (χ0) is 14.8. The lowest BCUT2D eigenvalue weighted by molar-refractivity contribution is -0.174. The minimum Gasteiger partial charge on any atom is -0.344 e. The molecule has 0 saturated carbocycles. The third kappa shape index (κ3) is 3.47. The molecule has 1 aliphatic rings. The summed E-state index contributed by atoms with van der Waals surface area (Å²) in [6.07, 6.45) is -4.38. The largest absolute Gasteiger partial charge is 0.471 e. The first kappa shape index (κ1) is 14.8. The van der Waals surface area contributed by atoms with Gasteiger partial charge in [-0.15, -0.1) is 0 Å². The minimum atomic E-state index is -4.91. The molecule has 1 aromatic carbocycles. The Morgan fingerprint density at radius 2 is 2.10 bits per heavy atom. The third-order valence-electron chi connectivity index (χ3n) is 3.33. The van der Waals surface area contributed by atoms with E-state index in [1.54, 1.807) is 6.07 Å². The molecule has 2 N–H and O–H groups in total. The Morgan fingerprint density at radius 1 is 1.35 bits per heavy atom. The normalized spacial score (nSPS) is 23.4. The minimum absolute atomic E-state index is 0.225. The van der Waals surface area contributed by atoms with Crippen molar-refractivity contribution in [2.75, 3.05) is 13.1 Å². The molecule has 1 amide bonds. The van der Waals surface area contributed by atoms with Crippen LogP contribution in [0.5, 0.6) is 0 Å². The van der Waals surface area contributed by atoms with Gasteiger partial charge in [0.1, 0.15) is 5.82 Å². The van der Waals surface area contributed by atoms with Gasteiger partial charge >= 0.3 is 12.1 Å². The van der Waals surface area contributed by atoms with Gasteiger partial charge in [-0.2, -0.15) is 13.2 Å². The number of benzene rings is 1. The van der Waals surface area contributed by atoms with Gasteiger partial charge in [0, 0.05) is 18.5 Å². The average molecular weight is 290 g/mol. The van der Waals surface area contributed by atoms with E-state index in [0.717, 1.165) is 0 Å². The highest BCUT2D eigenvalue weighted by Crippen LogP contribution is 2.27. The van der Waals surface area contributed by atoms with Crippen LogP contribution >= 0.6 is 0 Å². The summed E-state index contributed by atoms with van der Waals surface area (Å²) in [6, 6.07) is 5.03. The molecule has 1 fully saturated rings. The van der Waals surface area contributed by atoms with Crippen molar-refractivity contribution in [3.05, 3.63) is 35.6 Å². The molecule has 20 heavy (non-hydrogen) atoms. The Hall–Kier alpha value is -1.63. The molecule has 1 heterocycles. The highest BCUT2D eigenvalue weighted by Gasteiger charge is 2.41. The second-order valence-electron chi connectivity index (χ2n) is 4.73. The summed E-state index contributed by atoms with van der Waals surface area (Å²) in [4.78, 5) is 11.0. The molecule has 0 bridgehead atoms. The van der Waals surface area contributed by atoms with Crippen molar-refractivity contribution in [2.24, 2.45) is 0 Å². The summed E-state index contributed by atoms with van der Waals surface area (Å²) in [6.45, 7) is 0.836. The Morgan fingerprint density at radius 3 is 2.75 bits per heavy atom. The van der Waals surface area contributed by atoms with Crippen LogP contribution in [-0.4, -0.2) is 31.2 Å². The van der Waals surface area contributed by atoms with E-state index in [9.17, 15) is 22.4 Å². The summed E-state index contributed by atoms with van der Waals surface area (Å²) in [5.41, 5.74) is 0.596. The zero-order valence-corrected chi connectivity index (χ0v) is 10.5. The summed E-state index contributed by atoms with van der Waals surface area (Å²) in [7, 11) is 0. The fraction of sp³-hybridized carbons (Fsp3) is 0.462. The number of alkyl halides is 3. The van der Waals surface area contributed by atoms with Crippen LogP contribution in [0.2, 0.25) is 0 Å². The lowest BCUT2D eigenvalue weighted by Crippen LogP contribution is -2.53. The molecule has 2 unspecified atom stereocenters. The van der Waals surface area contributed by atoms with Gasteiger partial charge in [-0.25, -0.2) is 4.39 Å². The van der Waals surface area contributed by atoms with E-state index in [1.165, 1.54) is 18.2 Å². The van der Waals surface area contributed by atoms with Crippen LogP contribution in [0.3, 0.4) is 0 Å². The molecular formula is C13H14F4N2O. The molecule has 3 nitrogen and oxygen atoms in total. The van der Waals surface area contributed by atoms with E-state index in [0.29, 0.717) is 18.5 Å². The molecule has 0 spiro atoms. The number of halogens is 4. The summed E-state index contributed by atoms with van der Waals surface area (Å²) >= 11 is 0. The van der Waals surface area contributed by atoms with Crippen LogP contribution in [0.4, 0.5) is 17.6 Å². The molecule has 7 heteroatoms. The van der Waals surface area contributed by atoms with Gasteiger partial charge in [0.15, 0.2) is 0 Å². The van der Waals surface area contributed by atoms with Crippen molar-refractivity contribution in [3.8, 4) is 0 Å². The maximum atomic E-state index is 13.2. The highest BCUT2D eigenvalue weighted by molar-refractivity contribution is 5.82. The fourth-order valence-corrected chi connectivity index (χ4v) is 2.40. The number of rotatable bonds is 2. The topological polar surface area (TPSA) is 41.1 Å². The Bertz CT molecular complexity index is 490. The van der Waals surface area contributed by atoms with Gasteiger partial charge in [0.2, 0.25) is 0 Å². The van der Waals surface area contributed by atoms with Crippen LogP contribution < -0.4 is 10.6 Å². The molecule has 1 saturated heterocycles. The fourth-order valence-electron chi connectivity index (χ4n) is 2.40. The van der Waals surface area contributed by atoms with Crippen molar-refractivity contribution < 1.29 is 22.4 Å². The van der Waals surface area contributed by atoms with E-state index >= 15 is 0 Å². The lowest BCUT2D eigenvalue weighted by Gasteiger charge is -2.33. The average Bonchev–Trinajstić information content (AvgIpc) is 2.38. The monoisotopic (exact) mass is 290 g/mol. The van der Waals surface area contributed by atoms with Crippen LogP contribution in [0, 0.1) is 5.82 Å². The molecule has 0 aromatic heterocycles. The smallest absolute Gasteiger partial charge is 0.344 e. The van der Waals surface area contributed by atoms with Gasteiger partial charge in [0.05, 0.1) is 0 Å². The number of carbonyl (C=O) groups is 1. The van der Waals surface area contributed by atoms with Crippen molar-refractivity contribution in [2.45, 2.75) is 24.6 Å². The molecule has 1 aromatic rings. The second-order valence-corrected chi connectivity index (χ2v) is 4.73. The van der Waals surface area contributed by atoms with Gasteiger partial charge in [0.25, 0.3) is 0 Å². The number of amides is 1. The number of carbonyl (C=O) groups excluding carboxylic acids is 1. The van der Waals surface area contributed by atoms with E-state index < -0.39 is 23.9 Å². The van der Waals surface area contributed by atoms with E-state index in [2.05, 4.69) is 5.32 Å². The van der Waals surface area contributed by atoms with Gasteiger partial charge in [-0.3, -0.25) is 4.79 Å². The van der Waals surface area contributed by atoms with Crippen LogP contribution in [0.15, 0.2) is 24.3 Å². The van der Waals surface area contributed by atoms with E-state index in [1.807, 2.05) is 5.32 Å². The first-order valence-electron chi connectivity index (χ1n) is 6.22. The summed E-state index contributed by atoms with van der Waals surface area (Å²) in [5.74, 6) is -2.74. The van der Waals surface area contributed by atoms with Crippen LogP contribution in [0.1, 0.15) is 17.9 Å². The van der Waals surface area contributed by atoms with Gasteiger partial charge < -0.3 is 10.6 Å². The Balaban J connectivity index is 2.15. The van der Waals surface area contributed by atoms with Crippen molar-refractivity contribution in [1.82, 2.24) is 10.6 Å². The zero-order valence-electron chi connectivity index (χ0n) is 10.5. The molecule has 1 aliphatic heterocycles. The summed E-state index contributed by atoms with van der Waals surface area (Å²) < 4.78 is 50.1. The molecule has 0 aliphatic carbocycles. The lowest BCUT2D eigenvalue weighted by atomic mass is 9.86. The second kappa shape index (κ2) is 5.78. The Labute approximate surface area is 113 Å². The van der Waals surface area contributed by atoms with Gasteiger partial charge in [-0.05, 0) is 30.7 Å². The predicted molar refractivity (Wildman–Crippen MR) is 64.6 cm³/mol. The molecule has 0 radical (unpaired) electrons. The number of nitrogens with one attached hydrogen (secondary N) is 2. The van der Waals surface area contributed by atoms with E-state index in [4.69, 9.17) is 0 Å². The molecular weight excluding hydrogens is 276 g/mol. The third-order valence-corrected chi connectivity index (χ3v) is 3.33. The van der Waals surface area contributed by atoms with E-state index in [-0.39, 0.29) is 12.5 Å². The number of hydrogen-bond acceptors (Lipinski definition) is 2. The maximum absolute atomic E-state index is 13.2. The highest BCUT2D eigenvalue weighted by atomic mass is 19.4. The maximum Gasteiger partial charge on any atom is 0.471 e. The number of hydrogen-bond donors (Lipinski definition) is 2. The molecule has 110 valence electrons. The molecule has 2 atom stereocenters. The van der Waals surface area contributed by atoms with Crippen molar-refractivity contribution in [1.29, 1.82) is 0 Å². The SMILES string of the molecule is O=C(NC1CNCCC1c1cccc(F)c1)C(F)(F)F. The quantitative estimate of drug-likeness (QED) is 0.817. The van der Waals surface area contributed by atoms with Gasteiger partial charge in [-0.1, -0.05) is 12.1 Å². The first-order valence-corrected chi connectivity index (χ1v) is 6.22. The number of piperidine rings is 1. The Kier molecular flexibility index (Phi) is 4.27. The van der Waals surface area contributed by atoms with Crippen molar-refractivity contribution in [3.63, 3.8) is 0 Å². The van der Waals surface area contributed by atoms with Crippen LogP contribution in [0.25, 0.3) is 0 Å². The van der Waals surface area contributed by atoms with Crippen molar-refractivity contribution >= 4 is 5.91 Å². The standard InChI is InChI=1S/C13H14F4N2O/c14-9-3-1-2-8(6-9)10-4-5-18-7-11(10)19-12(20)13(15,16)17/h1-3,6,10-11,18H,4-5,7H2,(H,19,20).